The maximum atomic E-state index is 11.4. The van der Waals surface area contributed by atoms with E-state index in [4.69, 9.17) is 9.47 Å². The number of ether oxygens (including phenoxy) is 2. The number of nitro groups is 1. The van der Waals surface area contributed by atoms with Crippen LogP contribution in [0.25, 0.3) is 21.9 Å². The standard InChI is InChI=1S/C18H15N5O4/c1-26-10-6-7-11(13(8-10)23(24)25)22-18-17-16(19-9-20-18)15-12(21-17)4-3-5-14(15)27-2/h3-9,21H,1-2H3,(H,19,20,22). The van der Waals surface area contributed by atoms with E-state index in [9.17, 15) is 10.1 Å². The maximum Gasteiger partial charge on any atom is 0.296 e. The highest BCUT2D eigenvalue weighted by Gasteiger charge is 2.19. The Morgan fingerprint density at radius 2 is 2.00 bits per heavy atom. The number of nitrogens with zero attached hydrogens (tertiary/aromatic N) is 3. The molecule has 136 valence electrons. The second-order valence-corrected chi connectivity index (χ2v) is 5.72. The normalized spacial score (nSPS) is 10.9. The van der Waals surface area contributed by atoms with E-state index in [0.29, 0.717) is 34.0 Å². The number of rotatable bonds is 5. The fraction of sp³-hybridized carbons (Fsp3) is 0.111. The third kappa shape index (κ3) is 2.74. The summed E-state index contributed by atoms with van der Waals surface area (Å²) < 4.78 is 10.5. The van der Waals surface area contributed by atoms with Crippen LogP contribution in [0.5, 0.6) is 11.5 Å². The molecule has 0 aliphatic carbocycles. The molecule has 4 aromatic rings. The number of methoxy groups -OCH3 is 2. The first-order chi connectivity index (χ1) is 13.1. The molecule has 2 heterocycles. The molecule has 4 rings (SSSR count). The molecule has 0 amide bonds. The van der Waals surface area contributed by atoms with Crippen LogP contribution in [0.2, 0.25) is 0 Å². The summed E-state index contributed by atoms with van der Waals surface area (Å²) in [4.78, 5) is 22.8. The van der Waals surface area contributed by atoms with Crippen LogP contribution < -0.4 is 14.8 Å². The van der Waals surface area contributed by atoms with Crippen molar-refractivity contribution in [3.05, 3.63) is 52.8 Å². The minimum absolute atomic E-state index is 0.116. The number of aromatic nitrogens is 3. The third-order valence-electron chi connectivity index (χ3n) is 4.24. The Hall–Kier alpha value is -3.88. The van der Waals surface area contributed by atoms with Crippen molar-refractivity contribution in [1.82, 2.24) is 15.0 Å². The second kappa shape index (κ2) is 6.45. The molecule has 27 heavy (non-hydrogen) atoms. The van der Waals surface area contributed by atoms with Gasteiger partial charge < -0.3 is 19.8 Å². The van der Waals surface area contributed by atoms with Gasteiger partial charge in [0.2, 0.25) is 0 Å². The Kier molecular flexibility index (Phi) is 3.96. The van der Waals surface area contributed by atoms with Crippen molar-refractivity contribution in [2.24, 2.45) is 0 Å². The van der Waals surface area contributed by atoms with Crippen LogP contribution in [-0.4, -0.2) is 34.1 Å². The first-order valence-corrected chi connectivity index (χ1v) is 8.01. The van der Waals surface area contributed by atoms with Crippen molar-refractivity contribution in [3.8, 4) is 11.5 Å². The van der Waals surface area contributed by atoms with Crippen LogP contribution in [0.15, 0.2) is 42.7 Å². The molecule has 0 atom stereocenters. The zero-order chi connectivity index (χ0) is 19.0. The van der Waals surface area contributed by atoms with Gasteiger partial charge in [-0.2, -0.15) is 0 Å². The third-order valence-corrected chi connectivity index (χ3v) is 4.24. The summed E-state index contributed by atoms with van der Waals surface area (Å²) in [6.07, 6.45) is 1.40. The van der Waals surface area contributed by atoms with Gasteiger partial charge >= 0.3 is 0 Å². The Labute approximate surface area is 153 Å². The monoisotopic (exact) mass is 365 g/mol. The molecule has 2 aromatic heterocycles. The van der Waals surface area contributed by atoms with Gasteiger partial charge in [0.05, 0.1) is 36.1 Å². The van der Waals surface area contributed by atoms with E-state index in [0.717, 1.165) is 10.9 Å². The van der Waals surface area contributed by atoms with Gasteiger partial charge in [-0.3, -0.25) is 10.1 Å². The van der Waals surface area contributed by atoms with E-state index in [2.05, 4.69) is 20.3 Å². The summed E-state index contributed by atoms with van der Waals surface area (Å²) in [5, 5.41) is 15.3. The zero-order valence-electron chi connectivity index (χ0n) is 14.5. The average Bonchev–Trinajstić information content (AvgIpc) is 3.08. The molecule has 9 heteroatoms. The molecule has 0 fully saturated rings. The summed E-state index contributed by atoms with van der Waals surface area (Å²) >= 11 is 0. The molecule has 2 aromatic carbocycles. The smallest absolute Gasteiger partial charge is 0.296 e. The fourth-order valence-corrected chi connectivity index (χ4v) is 3.00. The molecule has 0 saturated carbocycles. The number of aromatic amines is 1. The number of nitrogens with one attached hydrogen (secondary N) is 2. The van der Waals surface area contributed by atoms with Gasteiger partial charge in [0, 0.05) is 0 Å². The number of fused-ring (bicyclic) bond motifs is 3. The van der Waals surface area contributed by atoms with Crippen LogP contribution in [0, 0.1) is 10.1 Å². The summed E-state index contributed by atoms with van der Waals surface area (Å²) in [7, 11) is 3.05. The molecule has 0 spiro atoms. The largest absolute Gasteiger partial charge is 0.496 e. The lowest BCUT2D eigenvalue weighted by Crippen LogP contribution is -2.00. The number of benzene rings is 2. The predicted molar refractivity (Wildman–Crippen MR) is 101 cm³/mol. The number of nitro benzene ring substituents is 1. The number of hydrogen-bond acceptors (Lipinski definition) is 7. The van der Waals surface area contributed by atoms with E-state index < -0.39 is 4.92 Å². The molecule has 2 N–H and O–H groups in total. The summed E-state index contributed by atoms with van der Waals surface area (Å²) in [6.45, 7) is 0. The van der Waals surface area contributed by atoms with Crippen molar-refractivity contribution in [2.45, 2.75) is 0 Å². The van der Waals surface area contributed by atoms with Crippen LogP contribution in [0.3, 0.4) is 0 Å². The van der Waals surface area contributed by atoms with Crippen molar-refractivity contribution in [3.63, 3.8) is 0 Å². The molecule has 0 bridgehead atoms. The molecule has 0 aliphatic rings. The fourth-order valence-electron chi connectivity index (χ4n) is 3.00. The minimum atomic E-state index is -0.475. The van der Waals surface area contributed by atoms with Crippen LogP contribution in [0.4, 0.5) is 17.2 Å². The topological polar surface area (TPSA) is 115 Å². The van der Waals surface area contributed by atoms with E-state index in [1.807, 2.05) is 18.2 Å². The highest BCUT2D eigenvalue weighted by atomic mass is 16.6. The highest BCUT2D eigenvalue weighted by Crippen LogP contribution is 2.36. The number of anilines is 2. The lowest BCUT2D eigenvalue weighted by molar-refractivity contribution is -0.384. The van der Waals surface area contributed by atoms with Gasteiger partial charge in [0.1, 0.15) is 34.5 Å². The molecular formula is C18H15N5O4. The van der Waals surface area contributed by atoms with E-state index >= 15 is 0 Å². The molecular weight excluding hydrogens is 350 g/mol. The Morgan fingerprint density at radius 1 is 1.15 bits per heavy atom. The quantitative estimate of drug-likeness (QED) is 0.408. The zero-order valence-corrected chi connectivity index (χ0v) is 14.5. The average molecular weight is 365 g/mol. The predicted octanol–water partition coefficient (Wildman–Crippen LogP) is 3.78. The first kappa shape index (κ1) is 16.6. The van der Waals surface area contributed by atoms with Gasteiger partial charge in [-0.25, -0.2) is 9.97 Å². The van der Waals surface area contributed by atoms with Gasteiger partial charge in [0.25, 0.3) is 5.69 Å². The SMILES string of the molecule is COc1ccc(Nc2ncnc3c2[nH]c2cccc(OC)c23)c([N+](=O)[O-])c1. The van der Waals surface area contributed by atoms with Crippen LogP contribution in [-0.2, 0) is 0 Å². The van der Waals surface area contributed by atoms with Gasteiger partial charge in [-0.15, -0.1) is 0 Å². The lowest BCUT2D eigenvalue weighted by atomic mass is 10.2. The van der Waals surface area contributed by atoms with E-state index in [1.54, 1.807) is 19.2 Å². The number of H-pyrrole nitrogens is 1. The van der Waals surface area contributed by atoms with Crippen LogP contribution >= 0.6 is 0 Å². The Morgan fingerprint density at radius 3 is 2.74 bits per heavy atom. The minimum Gasteiger partial charge on any atom is -0.496 e. The molecule has 9 nitrogen and oxygen atoms in total. The number of hydrogen-bond donors (Lipinski definition) is 2. The van der Waals surface area contributed by atoms with Gasteiger partial charge in [-0.1, -0.05) is 6.07 Å². The Bertz CT molecular complexity index is 1170. The Balaban J connectivity index is 1.87. The van der Waals surface area contributed by atoms with Gasteiger partial charge in [0.15, 0.2) is 5.82 Å². The van der Waals surface area contributed by atoms with E-state index in [-0.39, 0.29) is 5.69 Å². The molecule has 0 saturated heterocycles. The van der Waals surface area contributed by atoms with Crippen molar-refractivity contribution >= 4 is 39.1 Å². The van der Waals surface area contributed by atoms with Crippen LogP contribution in [0.1, 0.15) is 0 Å². The summed E-state index contributed by atoms with van der Waals surface area (Å²) in [5.41, 5.74) is 2.30. The van der Waals surface area contributed by atoms with Gasteiger partial charge in [-0.05, 0) is 24.3 Å². The molecule has 0 radical (unpaired) electrons. The second-order valence-electron chi connectivity index (χ2n) is 5.72. The molecule has 0 aliphatic heterocycles. The lowest BCUT2D eigenvalue weighted by Gasteiger charge is -2.08. The highest BCUT2D eigenvalue weighted by molar-refractivity contribution is 6.11. The van der Waals surface area contributed by atoms with Crippen molar-refractivity contribution in [1.29, 1.82) is 0 Å². The first-order valence-electron chi connectivity index (χ1n) is 8.01. The molecule has 0 unspecified atom stereocenters. The van der Waals surface area contributed by atoms with Crippen molar-refractivity contribution < 1.29 is 14.4 Å². The van der Waals surface area contributed by atoms with Crippen molar-refractivity contribution in [2.75, 3.05) is 19.5 Å². The van der Waals surface area contributed by atoms with E-state index in [1.165, 1.54) is 19.5 Å². The summed E-state index contributed by atoms with van der Waals surface area (Å²) in [5.74, 6) is 1.50. The summed E-state index contributed by atoms with van der Waals surface area (Å²) in [6, 6.07) is 10.2. The maximum absolute atomic E-state index is 11.4.